The summed E-state index contributed by atoms with van der Waals surface area (Å²) in [6, 6.07) is 31.5. The molecule has 0 saturated carbocycles. The second-order valence-electron chi connectivity index (χ2n) is 7.46. The third-order valence-corrected chi connectivity index (χ3v) is 6.58. The standard InChI is InChI=1S/C27H18ClNO4S/c28-20-11-16-26-24(17-20)25(18-27(32-26)19-7-3-1-4-8-19)29-21-12-14-22(15-13-21)33-34(30,31)23-9-5-2-6-10-23/h1-18H. The van der Waals surface area contributed by atoms with Crippen LogP contribution in [0.5, 0.6) is 5.75 Å². The van der Waals surface area contributed by atoms with E-state index in [1.807, 2.05) is 42.5 Å². The third-order valence-electron chi connectivity index (χ3n) is 5.09. The molecule has 0 spiro atoms. The number of halogens is 1. The van der Waals surface area contributed by atoms with E-state index >= 15 is 0 Å². The molecular formula is C27H18ClNO4S. The van der Waals surface area contributed by atoms with E-state index in [1.54, 1.807) is 54.6 Å². The molecule has 5 nitrogen and oxygen atoms in total. The summed E-state index contributed by atoms with van der Waals surface area (Å²) in [5.74, 6) is 0.867. The molecule has 0 saturated heterocycles. The maximum absolute atomic E-state index is 12.5. The van der Waals surface area contributed by atoms with Gasteiger partial charge in [-0.25, -0.2) is 4.99 Å². The molecule has 0 unspecified atom stereocenters. The molecule has 34 heavy (non-hydrogen) atoms. The minimum absolute atomic E-state index is 0.0913. The summed E-state index contributed by atoms with van der Waals surface area (Å²) in [7, 11) is -3.91. The van der Waals surface area contributed by atoms with E-state index in [0.29, 0.717) is 27.4 Å². The third kappa shape index (κ3) is 4.73. The van der Waals surface area contributed by atoms with Crippen LogP contribution in [0.15, 0.2) is 123 Å². The predicted molar refractivity (Wildman–Crippen MR) is 133 cm³/mol. The lowest BCUT2D eigenvalue weighted by Crippen LogP contribution is -2.09. The Morgan fingerprint density at radius 2 is 1.44 bits per heavy atom. The molecule has 0 atom stereocenters. The molecule has 5 rings (SSSR count). The van der Waals surface area contributed by atoms with Crippen molar-refractivity contribution in [3.8, 4) is 17.1 Å². The highest BCUT2D eigenvalue weighted by Crippen LogP contribution is 2.26. The first kappa shape index (κ1) is 21.9. The fourth-order valence-corrected chi connectivity index (χ4v) is 4.58. The van der Waals surface area contributed by atoms with Gasteiger partial charge >= 0.3 is 10.1 Å². The highest BCUT2D eigenvalue weighted by molar-refractivity contribution is 7.87. The molecule has 168 valence electrons. The first-order chi connectivity index (χ1) is 16.5. The van der Waals surface area contributed by atoms with Gasteiger partial charge in [0.2, 0.25) is 0 Å². The lowest BCUT2D eigenvalue weighted by molar-refractivity contribution is 0.486. The average molecular weight is 488 g/mol. The van der Waals surface area contributed by atoms with Crippen LogP contribution < -0.4 is 9.54 Å². The fraction of sp³-hybridized carbons (Fsp3) is 0. The van der Waals surface area contributed by atoms with Crippen molar-refractivity contribution in [3.05, 3.63) is 120 Å². The Balaban J connectivity index is 1.53. The highest BCUT2D eigenvalue weighted by Gasteiger charge is 2.15. The van der Waals surface area contributed by atoms with Gasteiger partial charge in [-0.05, 0) is 54.6 Å². The van der Waals surface area contributed by atoms with Crippen molar-refractivity contribution in [2.75, 3.05) is 0 Å². The monoisotopic (exact) mass is 487 g/mol. The van der Waals surface area contributed by atoms with Crippen LogP contribution >= 0.6 is 11.6 Å². The molecule has 0 bridgehead atoms. The average Bonchev–Trinajstić information content (AvgIpc) is 2.86. The number of nitrogens with zero attached hydrogens (tertiary/aromatic N) is 1. The molecule has 5 aromatic rings. The second kappa shape index (κ2) is 9.17. The van der Waals surface area contributed by atoms with Crippen LogP contribution in [-0.4, -0.2) is 8.42 Å². The van der Waals surface area contributed by atoms with E-state index in [2.05, 4.69) is 0 Å². The van der Waals surface area contributed by atoms with Gasteiger partial charge in [0, 0.05) is 22.0 Å². The maximum atomic E-state index is 12.5. The van der Waals surface area contributed by atoms with Gasteiger partial charge in [0.05, 0.1) is 11.0 Å². The minimum Gasteiger partial charge on any atom is -0.456 e. The molecular weight excluding hydrogens is 470 g/mol. The van der Waals surface area contributed by atoms with Crippen molar-refractivity contribution in [1.82, 2.24) is 0 Å². The van der Waals surface area contributed by atoms with Crippen LogP contribution in [0.2, 0.25) is 5.02 Å². The topological polar surface area (TPSA) is 68.9 Å². The van der Waals surface area contributed by atoms with E-state index in [0.717, 1.165) is 10.9 Å². The molecule has 1 aromatic heterocycles. The molecule has 1 heterocycles. The van der Waals surface area contributed by atoms with Gasteiger partial charge in [-0.1, -0.05) is 60.1 Å². The first-order valence-electron chi connectivity index (χ1n) is 10.4. The molecule has 0 radical (unpaired) electrons. The van der Waals surface area contributed by atoms with E-state index in [9.17, 15) is 8.42 Å². The molecule has 0 fully saturated rings. The summed E-state index contributed by atoms with van der Waals surface area (Å²) < 4.78 is 36.3. The largest absolute Gasteiger partial charge is 0.456 e. The molecule has 0 aliphatic rings. The molecule has 0 amide bonds. The van der Waals surface area contributed by atoms with Gasteiger partial charge in [0.25, 0.3) is 0 Å². The number of benzene rings is 4. The SMILES string of the molecule is O=S(=O)(Oc1ccc(N=c2cc(-c3ccccc3)oc3ccc(Cl)cc23)cc1)c1ccccc1. The van der Waals surface area contributed by atoms with Gasteiger partial charge in [-0.2, -0.15) is 8.42 Å². The van der Waals surface area contributed by atoms with Gasteiger partial charge in [-0.3, -0.25) is 0 Å². The fourth-order valence-electron chi connectivity index (χ4n) is 3.46. The van der Waals surface area contributed by atoms with Crippen molar-refractivity contribution in [2.24, 2.45) is 4.99 Å². The minimum atomic E-state index is -3.91. The number of hydrogen-bond acceptors (Lipinski definition) is 5. The summed E-state index contributed by atoms with van der Waals surface area (Å²) in [6.07, 6.45) is 0. The lowest BCUT2D eigenvalue weighted by atomic mass is 10.1. The zero-order valence-electron chi connectivity index (χ0n) is 17.8. The zero-order valence-corrected chi connectivity index (χ0v) is 19.3. The Morgan fingerprint density at radius 3 is 2.15 bits per heavy atom. The van der Waals surface area contributed by atoms with Crippen molar-refractivity contribution >= 4 is 38.4 Å². The summed E-state index contributed by atoms with van der Waals surface area (Å²) in [4.78, 5) is 4.86. The van der Waals surface area contributed by atoms with Crippen LogP contribution in [0, 0.1) is 0 Å². The van der Waals surface area contributed by atoms with E-state index in [1.165, 1.54) is 12.1 Å². The lowest BCUT2D eigenvalue weighted by Gasteiger charge is -2.07. The van der Waals surface area contributed by atoms with Crippen molar-refractivity contribution in [3.63, 3.8) is 0 Å². The van der Waals surface area contributed by atoms with E-state index in [-0.39, 0.29) is 10.6 Å². The molecule has 4 aromatic carbocycles. The summed E-state index contributed by atoms with van der Waals surface area (Å²) in [6.45, 7) is 0. The number of rotatable bonds is 5. The molecule has 0 aliphatic heterocycles. The smallest absolute Gasteiger partial charge is 0.339 e. The summed E-state index contributed by atoms with van der Waals surface area (Å²) in [5.41, 5.74) is 2.19. The normalized spacial score (nSPS) is 12.1. The molecule has 0 aliphatic carbocycles. The Morgan fingerprint density at radius 1 is 0.765 bits per heavy atom. The van der Waals surface area contributed by atoms with Crippen LogP contribution in [0.1, 0.15) is 0 Å². The Kier molecular flexibility index (Phi) is 5.92. The van der Waals surface area contributed by atoms with Crippen molar-refractivity contribution < 1.29 is 17.0 Å². The quantitative estimate of drug-likeness (QED) is 0.257. The van der Waals surface area contributed by atoms with Gasteiger partial charge in [0.1, 0.15) is 22.0 Å². The van der Waals surface area contributed by atoms with E-state index in [4.69, 9.17) is 25.2 Å². The van der Waals surface area contributed by atoms with Crippen LogP contribution in [0.25, 0.3) is 22.3 Å². The predicted octanol–water partition coefficient (Wildman–Crippen LogP) is 6.75. The summed E-state index contributed by atoms with van der Waals surface area (Å²) >= 11 is 6.23. The highest BCUT2D eigenvalue weighted by atomic mass is 35.5. The first-order valence-corrected chi connectivity index (χ1v) is 12.2. The van der Waals surface area contributed by atoms with Crippen molar-refractivity contribution in [2.45, 2.75) is 4.90 Å². The van der Waals surface area contributed by atoms with Crippen LogP contribution in [0.3, 0.4) is 0 Å². The Labute approximate surface area is 201 Å². The Bertz CT molecular complexity index is 1630. The van der Waals surface area contributed by atoms with Crippen LogP contribution in [-0.2, 0) is 10.1 Å². The Hall–Kier alpha value is -3.87. The second-order valence-corrected chi connectivity index (χ2v) is 9.44. The molecule has 7 heteroatoms. The number of hydrogen-bond donors (Lipinski definition) is 0. The van der Waals surface area contributed by atoms with Crippen molar-refractivity contribution in [1.29, 1.82) is 0 Å². The van der Waals surface area contributed by atoms with E-state index < -0.39 is 10.1 Å². The summed E-state index contributed by atoms with van der Waals surface area (Å²) in [5, 5.41) is 2.01. The zero-order chi connectivity index (χ0) is 23.5. The van der Waals surface area contributed by atoms with Gasteiger partial charge in [0.15, 0.2) is 0 Å². The van der Waals surface area contributed by atoms with Crippen LogP contribution in [0.4, 0.5) is 5.69 Å². The number of fused-ring (bicyclic) bond motifs is 1. The molecule has 0 N–H and O–H groups in total. The van der Waals surface area contributed by atoms with Gasteiger partial charge < -0.3 is 8.60 Å². The maximum Gasteiger partial charge on any atom is 0.339 e. The van der Waals surface area contributed by atoms with Gasteiger partial charge in [-0.15, -0.1) is 0 Å².